The van der Waals surface area contributed by atoms with Gasteiger partial charge in [0.1, 0.15) is 6.10 Å². The van der Waals surface area contributed by atoms with Gasteiger partial charge in [-0.05, 0) is 34.1 Å². The number of carbonyl (C=O) groups is 1. The Morgan fingerprint density at radius 1 is 1.45 bits per heavy atom. The molecule has 2 N–H and O–H groups in total. The number of anilines is 1. The number of hydrogen-bond donors (Lipinski definition) is 2. The highest BCUT2D eigenvalue weighted by Gasteiger charge is 2.31. The molecular formula is C12H12BrF3N2O2. The number of carbonyl (C=O) groups excluding carboxylic acids is 1. The number of nitrogens with one attached hydrogen (secondary N) is 2. The lowest BCUT2D eigenvalue weighted by Crippen LogP contribution is -2.45. The molecule has 0 radical (unpaired) electrons. The highest BCUT2D eigenvalue weighted by Crippen LogP contribution is 2.34. The molecule has 0 saturated carbocycles. The van der Waals surface area contributed by atoms with Gasteiger partial charge >= 0.3 is 6.18 Å². The molecule has 1 saturated heterocycles. The predicted octanol–water partition coefficient (Wildman–Crippen LogP) is 2.39. The van der Waals surface area contributed by atoms with Crippen molar-refractivity contribution in [1.29, 1.82) is 0 Å². The molecule has 1 aromatic carbocycles. The van der Waals surface area contributed by atoms with Crippen molar-refractivity contribution in [2.75, 3.05) is 25.0 Å². The summed E-state index contributed by atoms with van der Waals surface area (Å²) >= 11 is 3.11. The van der Waals surface area contributed by atoms with Crippen LogP contribution in [0.5, 0.6) is 0 Å². The molecule has 1 aromatic rings. The van der Waals surface area contributed by atoms with E-state index in [1.165, 1.54) is 6.07 Å². The third-order valence-corrected chi connectivity index (χ3v) is 3.46. The Morgan fingerprint density at radius 2 is 2.20 bits per heavy atom. The minimum atomic E-state index is -4.46. The summed E-state index contributed by atoms with van der Waals surface area (Å²) in [7, 11) is 0. The summed E-state index contributed by atoms with van der Waals surface area (Å²) in [5.74, 6) is -0.475. The van der Waals surface area contributed by atoms with Gasteiger partial charge in [-0.1, -0.05) is 0 Å². The molecule has 1 aliphatic heterocycles. The fraction of sp³-hybridized carbons (Fsp3) is 0.417. The first kappa shape index (κ1) is 15.3. The van der Waals surface area contributed by atoms with Crippen molar-refractivity contribution in [2.45, 2.75) is 12.3 Å². The van der Waals surface area contributed by atoms with Crippen LogP contribution in [0.4, 0.5) is 18.9 Å². The van der Waals surface area contributed by atoms with Crippen LogP contribution < -0.4 is 10.6 Å². The topological polar surface area (TPSA) is 50.4 Å². The third-order valence-electron chi connectivity index (χ3n) is 2.77. The van der Waals surface area contributed by atoms with Gasteiger partial charge in [-0.3, -0.25) is 4.79 Å². The third kappa shape index (κ3) is 3.71. The maximum absolute atomic E-state index is 12.6. The van der Waals surface area contributed by atoms with Gasteiger partial charge in [0.15, 0.2) is 0 Å². The number of amides is 1. The lowest BCUT2D eigenvalue weighted by Gasteiger charge is -2.23. The van der Waals surface area contributed by atoms with Crippen molar-refractivity contribution in [2.24, 2.45) is 0 Å². The maximum atomic E-state index is 12.6. The highest BCUT2D eigenvalue weighted by molar-refractivity contribution is 9.10. The van der Waals surface area contributed by atoms with Crippen LogP contribution in [0, 0.1) is 0 Å². The number of rotatable bonds is 2. The zero-order valence-corrected chi connectivity index (χ0v) is 11.8. The first-order valence-electron chi connectivity index (χ1n) is 5.88. The monoisotopic (exact) mass is 352 g/mol. The minimum absolute atomic E-state index is 0.0685. The summed E-state index contributed by atoms with van der Waals surface area (Å²) in [5, 5.41) is 5.42. The van der Waals surface area contributed by atoms with Crippen LogP contribution in [0.25, 0.3) is 0 Å². The largest absolute Gasteiger partial charge is 0.416 e. The van der Waals surface area contributed by atoms with E-state index in [1.54, 1.807) is 0 Å². The van der Waals surface area contributed by atoms with Crippen LogP contribution in [-0.4, -0.2) is 31.7 Å². The summed E-state index contributed by atoms with van der Waals surface area (Å²) in [6, 6.07) is 3.08. The Labute approximate surface area is 121 Å². The van der Waals surface area contributed by atoms with Gasteiger partial charge in [-0.25, -0.2) is 0 Å². The van der Waals surface area contributed by atoms with Crippen molar-refractivity contribution in [1.82, 2.24) is 5.32 Å². The number of benzene rings is 1. The lowest BCUT2D eigenvalue weighted by atomic mass is 10.2. The van der Waals surface area contributed by atoms with Crippen LogP contribution >= 0.6 is 15.9 Å². The molecule has 110 valence electrons. The molecule has 1 fully saturated rings. The maximum Gasteiger partial charge on any atom is 0.416 e. The average Bonchev–Trinajstić information content (AvgIpc) is 2.41. The van der Waals surface area contributed by atoms with Crippen molar-refractivity contribution in [3.05, 3.63) is 28.2 Å². The number of alkyl halides is 3. The Morgan fingerprint density at radius 3 is 2.80 bits per heavy atom. The lowest BCUT2D eigenvalue weighted by molar-refractivity contribution is -0.137. The SMILES string of the molecule is O=C(Nc1cc(C(F)(F)F)ccc1Br)C1CNCCO1. The van der Waals surface area contributed by atoms with Crippen molar-refractivity contribution in [3.63, 3.8) is 0 Å². The summed E-state index contributed by atoms with van der Waals surface area (Å²) < 4.78 is 43.5. The molecule has 0 spiro atoms. The van der Waals surface area contributed by atoms with E-state index in [1.807, 2.05) is 0 Å². The van der Waals surface area contributed by atoms with Gasteiger partial charge in [0, 0.05) is 17.6 Å². The Hall–Kier alpha value is -1.12. The standard InChI is InChI=1S/C12H12BrF3N2O2/c13-8-2-1-7(12(14,15)16)5-9(8)18-11(19)10-6-17-3-4-20-10/h1-2,5,10,17H,3-4,6H2,(H,18,19). The van der Waals surface area contributed by atoms with Gasteiger partial charge in [0.2, 0.25) is 0 Å². The first-order chi connectivity index (χ1) is 9.38. The second kappa shape index (κ2) is 6.11. The van der Waals surface area contributed by atoms with E-state index in [0.29, 0.717) is 24.2 Å². The molecule has 0 aliphatic carbocycles. The van der Waals surface area contributed by atoms with Crippen LogP contribution in [0.2, 0.25) is 0 Å². The summed E-state index contributed by atoms with van der Waals surface area (Å²) in [6.07, 6.45) is -5.16. The fourth-order valence-corrected chi connectivity index (χ4v) is 2.09. The Bertz CT molecular complexity index is 502. The van der Waals surface area contributed by atoms with Gasteiger partial charge < -0.3 is 15.4 Å². The molecule has 1 atom stereocenters. The first-order valence-corrected chi connectivity index (χ1v) is 6.67. The van der Waals surface area contributed by atoms with E-state index in [4.69, 9.17) is 4.74 Å². The summed E-state index contributed by atoms with van der Waals surface area (Å²) in [5.41, 5.74) is -0.752. The zero-order valence-electron chi connectivity index (χ0n) is 10.3. The minimum Gasteiger partial charge on any atom is -0.366 e. The normalized spacial score (nSPS) is 19.7. The molecular weight excluding hydrogens is 341 g/mol. The van der Waals surface area contributed by atoms with Gasteiger partial charge in [-0.2, -0.15) is 13.2 Å². The second-order valence-electron chi connectivity index (χ2n) is 4.25. The van der Waals surface area contributed by atoms with Crippen LogP contribution in [-0.2, 0) is 15.7 Å². The van der Waals surface area contributed by atoms with Gasteiger partial charge in [0.25, 0.3) is 5.91 Å². The van der Waals surface area contributed by atoms with Crippen LogP contribution in [0.15, 0.2) is 22.7 Å². The molecule has 1 amide bonds. The van der Waals surface area contributed by atoms with Crippen molar-refractivity contribution >= 4 is 27.5 Å². The Balaban J connectivity index is 2.13. The predicted molar refractivity (Wildman–Crippen MR) is 70.4 cm³/mol. The van der Waals surface area contributed by atoms with E-state index in [9.17, 15) is 18.0 Å². The molecule has 2 rings (SSSR count). The van der Waals surface area contributed by atoms with Crippen LogP contribution in [0.1, 0.15) is 5.56 Å². The van der Waals surface area contributed by atoms with Crippen LogP contribution in [0.3, 0.4) is 0 Å². The fourth-order valence-electron chi connectivity index (χ4n) is 1.74. The molecule has 0 aromatic heterocycles. The number of hydrogen-bond acceptors (Lipinski definition) is 3. The highest BCUT2D eigenvalue weighted by atomic mass is 79.9. The Kier molecular flexibility index (Phi) is 4.66. The number of ether oxygens (including phenoxy) is 1. The molecule has 4 nitrogen and oxygen atoms in total. The van der Waals surface area contributed by atoms with Gasteiger partial charge in [-0.15, -0.1) is 0 Å². The molecule has 1 aliphatic rings. The van der Waals surface area contributed by atoms with E-state index in [2.05, 4.69) is 26.6 Å². The van der Waals surface area contributed by atoms with E-state index >= 15 is 0 Å². The molecule has 0 bridgehead atoms. The quantitative estimate of drug-likeness (QED) is 0.859. The summed E-state index contributed by atoms with van der Waals surface area (Å²) in [6.45, 7) is 1.38. The summed E-state index contributed by atoms with van der Waals surface area (Å²) in [4.78, 5) is 11.9. The van der Waals surface area contributed by atoms with E-state index in [-0.39, 0.29) is 5.69 Å². The number of halogens is 4. The second-order valence-corrected chi connectivity index (χ2v) is 5.10. The zero-order chi connectivity index (χ0) is 14.8. The smallest absolute Gasteiger partial charge is 0.366 e. The van der Waals surface area contributed by atoms with Crippen molar-refractivity contribution in [3.8, 4) is 0 Å². The molecule has 1 heterocycles. The van der Waals surface area contributed by atoms with E-state index < -0.39 is 23.8 Å². The molecule has 1 unspecified atom stereocenters. The van der Waals surface area contributed by atoms with Gasteiger partial charge in [0.05, 0.1) is 17.9 Å². The number of morpholine rings is 1. The average molecular weight is 353 g/mol. The molecule has 20 heavy (non-hydrogen) atoms. The van der Waals surface area contributed by atoms with Crippen molar-refractivity contribution < 1.29 is 22.7 Å². The molecule has 8 heteroatoms. The van der Waals surface area contributed by atoms with E-state index in [0.717, 1.165) is 12.1 Å².